The number of halogens is 1. The summed E-state index contributed by atoms with van der Waals surface area (Å²) in [5, 5.41) is 9.92. The first-order valence-corrected chi connectivity index (χ1v) is 10.2. The Morgan fingerprint density at radius 3 is 2.39 bits per heavy atom. The zero-order valence-corrected chi connectivity index (χ0v) is 17.5. The topological polar surface area (TPSA) is 72.5 Å². The molecule has 0 fully saturated rings. The van der Waals surface area contributed by atoms with Crippen LogP contribution in [-0.2, 0) is 12.8 Å². The van der Waals surface area contributed by atoms with Crippen LogP contribution in [0.15, 0.2) is 60.2 Å². The van der Waals surface area contributed by atoms with Crippen LogP contribution in [0.5, 0.6) is 11.5 Å². The van der Waals surface area contributed by atoms with Gasteiger partial charge >= 0.3 is 0 Å². The molecule has 1 aliphatic rings. The van der Waals surface area contributed by atoms with Gasteiger partial charge in [-0.3, -0.25) is 4.79 Å². The summed E-state index contributed by atoms with van der Waals surface area (Å²) in [5.74, 6) is 0.644. The minimum absolute atomic E-state index is 0.132. The number of fused-ring (bicyclic) bond motifs is 1. The van der Waals surface area contributed by atoms with E-state index >= 15 is 0 Å². The maximum atomic E-state index is 13.8. The number of carbonyl (C=O) groups is 1. The van der Waals surface area contributed by atoms with Gasteiger partial charge in [0.2, 0.25) is 0 Å². The van der Waals surface area contributed by atoms with Crippen molar-refractivity contribution in [1.82, 2.24) is 0 Å². The Hall–Kier alpha value is -3.44. The molecule has 0 spiro atoms. The van der Waals surface area contributed by atoms with E-state index < -0.39 is 0 Å². The van der Waals surface area contributed by atoms with E-state index in [1.807, 2.05) is 24.3 Å². The summed E-state index contributed by atoms with van der Waals surface area (Å²) in [6.07, 6.45) is 1.11. The Labute approximate surface area is 180 Å². The van der Waals surface area contributed by atoms with Crippen molar-refractivity contribution in [1.29, 1.82) is 0 Å². The largest absolute Gasteiger partial charge is 0.508 e. The lowest BCUT2D eigenvalue weighted by atomic mass is 9.93. The minimum atomic E-state index is -0.366. The first-order chi connectivity index (χ1) is 14.9. The van der Waals surface area contributed by atoms with Crippen molar-refractivity contribution in [3.63, 3.8) is 0 Å². The number of aromatic hydroxyl groups is 1. The van der Waals surface area contributed by atoms with E-state index in [-0.39, 0.29) is 17.3 Å². The maximum Gasteiger partial charge on any atom is 0.193 e. The SMILES string of the molecule is Cc1cc(F)cc(C)c1C(=O)C1=C(Oc2ccc(CCN)cc2)c2ccc(O)cc2C1. The highest BCUT2D eigenvalue weighted by Crippen LogP contribution is 2.38. The summed E-state index contributed by atoms with van der Waals surface area (Å²) >= 11 is 0. The number of phenolic OH excluding ortho intramolecular Hbond substituents is 1. The number of benzene rings is 3. The third kappa shape index (κ3) is 4.09. The van der Waals surface area contributed by atoms with Crippen LogP contribution in [0.2, 0.25) is 0 Å². The molecule has 0 aliphatic heterocycles. The predicted octanol–water partition coefficient (Wildman–Crippen LogP) is 4.88. The summed E-state index contributed by atoms with van der Waals surface area (Å²) in [5.41, 5.74) is 10.4. The van der Waals surface area contributed by atoms with Crippen LogP contribution in [0.25, 0.3) is 5.76 Å². The molecule has 5 heteroatoms. The van der Waals surface area contributed by atoms with Gasteiger partial charge in [-0.25, -0.2) is 4.39 Å². The Morgan fingerprint density at radius 2 is 1.74 bits per heavy atom. The smallest absolute Gasteiger partial charge is 0.193 e. The third-order valence-corrected chi connectivity index (χ3v) is 5.55. The quantitative estimate of drug-likeness (QED) is 0.561. The number of hydrogen-bond donors (Lipinski definition) is 2. The fourth-order valence-electron chi connectivity index (χ4n) is 4.11. The monoisotopic (exact) mass is 417 g/mol. The molecule has 0 saturated carbocycles. The lowest BCUT2D eigenvalue weighted by Gasteiger charge is -2.13. The lowest BCUT2D eigenvalue weighted by molar-refractivity contribution is 0.103. The van der Waals surface area contributed by atoms with Crippen LogP contribution in [0.1, 0.15) is 38.2 Å². The second-order valence-electron chi connectivity index (χ2n) is 7.85. The zero-order chi connectivity index (χ0) is 22.1. The summed E-state index contributed by atoms with van der Waals surface area (Å²) < 4.78 is 20.0. The van der Waals surface area contributed by atoms with E-state index in [0.29, 0.717) is 46.7 Å². The summed E-state index contributed by atoms with van der Waals surface area (Å²) in [6.45, 7) is 4.03. The average molecular weight is 417 g/mol. The van der Waals surface area contributed by atoms with E-state index in [1.165, 1.54) is 12.1 Å². The van der Waals surface area contributed by atoms with E-state index in [4.69, 9.17) is 10.5 Å². The van der Waals surface area contributed by atoms with Crippen LogP contribution in [0.4, 0.5) is 4.39 Å². The van der Waals surface area contributed by atoms with Crippen LogP contribution < -0.4 is 10.5 Å². The van der Waals surface area contributed by atoms with Gasteiger partial charge < -0.3 is 15.6 Å². The third-order valence-electron chi connectivity index (χ3n) is 5.55. The average Bonchev–Trinajstić information content (AvgIpc) is 3.06. The number of ketones is 1. The first-order valence-electron chi connectivity index (χ1n) is 10.2. The number of carbonyl (C=O) groups excluding carboxylic acids is 1. The van der Waals surface area contributed by atoms with Crippen LogP contribution in [-0.4, -0.2) is 17.4 Å². The van der Waals surface area contributed by atoms with Gasteiger partial charge in [0.15, 0.2) is 5.78 Å². The van der Waals surface area contributed by atoms with Gasteiger partial charge in [0.05, 0.1) is 0 Å². The highest BCUT2D eigenvalue weighted by Gasteiger charge is 2.30. The number of ether oxygens (including phenoxy) is 1. The molecule has 3 aromatic rings. The number of allylic oxidation sites excluding steroid dienone is 1. The minimum Gasteiger partial charge on any atom is -0.508 e. The molecule has 3 N–H and O–H groups in total. The standard InChI is InChI=1S/C26H24FNO3/c1-15-11-19(27)12-16(2)24(15)25(30)23-14-18-13-20(29)5-8-22(18)26(23)31-21-6-3-17(4-7-21)9-10-28/h3-8,11-13,29H,9-10,14,28H2,1-2H3. The van der Waals surface area contributed by atoms with Crippen LogP contribution >= 0.6 is 0 Å². The van der Waals surface area contributed by atoms with E-state index in [9.17, 15) is 14.3 Å². The van der Waals surface area contributed by atoms with Crippen molar-refractivity contribution in [2.45, 2.75) is 26.7 Å². The Morgan fingerprint density at radius 1 is 1.06 bits per heavy atom. The molecule has 158 valence electrons. The van der Waals surface area contributed by atoms with Gasteiger partial charge in [-0.05, 0) is 91.5 Å². The van der Waals surface area contributed by atoms with Crippen molar-refractivity contribution in [3.8, 4) is 11.5 Å². The van der Waals surface area contributed by atoms with E-state index in [0.717, 1.165) is 23.1 Å². The van der Waals surface area contributed by atoms with Crippen molar-refractivity contribution in [2.24, 2.45) is 5.73 Å². The molecule has 31 heavy (non-hydrogen) atoms. The summed E-state index contributed by atoms with van der Waals surface area (Å²) in [6, 6.07) is 15.3. The number of rotatable bonds is 6. The molecule has 0 heterocycles. The molecule has 0 saturated heterocycles. The molecule has 4 nitrogen and oxygen atoms in total. The van der Waals surface area contributed by atoms with Gasteiger partial charge in [0.25, 0.3) is 0 Å². The number of hydrogen-bond acceptors (Lipinski definition) is 4. The molecule has 0 aromatic heterocycles. The van der Waals surface area contributed by atoms with Gasteiger partial charge in [0.1, 0.15) is 23.1 Å². The molecular formula is C26H24FNO3. The van der Waals surface area contributed by atoms with E-state index in [2.05, 4.69) is 0 Å². The van der Waals surface area contributed by atoms with Crippen molar-refractivity contribution in [3.05, 3.63) is 99.4 Å². The van der Waals surface area contributed by atoms with Gasteiger partial charge in [-0.1, -0.05) is 12.1 Å². The molecule has 3 aromatic carbocycles. The van der Waals surface area contributed by atoms with Gasteiger partial charge in [-0.15, -0.1) is 0 Å². The molecular weight excluding hydrogens is 393 g/mol. The number of aryl methyl sites for hydroxylation is 2. The van der Waals surface area contributed by atoms with Crippen LogP contribution in [0.3, 0.4) is 0 Å². The van der Waals surface area contributed by atoms with Crippen LogP contribution in [0, 0.1) is 19.7 Å². The first kappa shape index (κ1) is 20.8. The predicted molar refractivity (Wildman–Crippen MR) is 119 cm³/mol. The Kier molecular flexibility index (Phi) is 5.61. The maximum absolute atomic E-state index is 13.8. The molecule has 0 atom stereocenters. The number of phenols is 1. The fourth-order valence-corrected chi connectivity index (χ4v) is 4.11. The fraction of sp³-hybridized carbons (Fsp3) is 0.192. The molecule has 0 unspecified atom stereocenters. The van der Waals surface area contributed by atoms with Gasteiger partial charge in [-0.2, -0.15) is 0 Å². The zero-order valence-electron chi connectivity index (χ0n) is 17.5. The highest BCUT2D eigenvalue weighted by atomic mass is 19.1. The van der Waals surface area contributed by atoms with Gasteiger partial charge in [0, 0.05) is 23.1 Å². The van der Waals surface area contributed by atoms with Crippen molar-refractivity contribution < 1.29 is 19.0 Å². The second-order valence-corrected chi connectivity index (χ2v) is 7.85. The normalized spacial score (nSPS) is 12.8. The number of Topliss-reactive ketones (excluding diaryl/α,β-unsaturated/α-hetero) is 1. The summed E-state index contributed by atoms with van der Waals surface area (Å²) in [7, 11) is 0. The summed E-state index contributed by atoms with van der Waals surface area (Å²) in [4.78, 5) is 13.6. The molecule has 0 bridgehead atoms. The number of nitrogens with two attached hydrogens (primary N) is 1. The highest BCUT2D eigenvalue weighted by molar-refractivity contribution is 6.15. The molecule has 0 amide bonds. The van der Waals surface area contributed by atoms with Crippen molar-refractivity contribution >= 4 is 11.5 Å². The molecule has 1 aliphatic carbocycles. The Balaban J connectivity index is 1.78. The van der Waals surface area contributed by atoms with E-state index in [1.54, 1.807) is 32.0 Å². The Bertz CT molecular complexity index is 1170. The second kappa shape index (κ2) is 8.36. The van der Waals surface area contributed by atoms with Crippen molar-refractivity contribution in [2.75, 3.05) is 6.54 Å². The lowest BCUT2D eigenvalue weighted by Crippen LogP contribution is -2.11. The molecule has 0 radical (unpaired) electrons. The molecule has 4 rings (SSSR count).